The predicted molar refractivity (Wildman–Crippen MR) is 89.6 cm³/mol. The standard InChI is InChI=1S/C17H22N2O3S/c1-12(19-7-5-16-13(10-19)6-8-23-16)9-18-17(20)15-4-3-14(22-15)11-21-2/h3-4,6,8,12H,5,7,9-11H2,1-2H3,(H,18,20). The highest BCUT2D eigenvalue weighted by Gasteiger charge is 2.22. The van der Waals surface area contributed by atoms with Gasteiger partial charge < -0.3 is 14.5 Å². The number of nitrogens with zero attached hydrogens (tertiary/aromatic N) is 1. The lowest BCUT2D eigenvalue weighted by molar-refractivity contribution is 0.0896. The molecule has 1 unspecified atom stereocenters. The molecule has 1 amide bonds. The van der Waals surface area contributed by atoms with Crippen molar-refractivity contribution in [3.8, 4) is 0 Å². The van der Waals surface area contributed by atoms with Gasteiger partial charge in [-0.3, -0.25) is 9.69 Å². The third-order valence-electron chi connectivity index (χ3n) is 4.19. The van der Waals surface area contributed by atoms with Gasteiger partial charge in [0.1, 0.15) is 12.4 Å². The molecule has 0 aliphatic carbocycles. The molecule has 1 atom stereocenters. The number of nitrogens with one attached hydrogen (secondary N) is 1. The van der Waals surface area contributed by atoms with E-state index in [2.05, 4.69) is 28.6 Å². The summed E-state index contributed by atoms with van der Waals surface area (Å²) in [4.78, 5) is 16.1. The van der Waals surface area contributed by atoms with E-state index in [1.165, 1.54) is 10.4 Å². The molecule has 0 spiro atoms. The first kappa shape index (κ1) is 16.2. The molecule has 5 nitrogen and oxygen atoms in total. The molecule has 1 aliphatic rings. The number of hydrogen-bond acceptors (Lipinski definition) is 5. The van der Waals surface area contributed by atoms with Crippen LogP contribution in [-0.4, -0.2) is 37.0 Å². The molecule has 6 heteroatoms. The number of fused-ring (bicyclic) bond motifs is 1. The molecule has 1 aliphatic heterocycles. The molecule has 3 rings (SSSR count). The molecular formula is C17H22N2O3S. The number of hydrogen-bond donors (Lipinski definition) is 1. The SMILES string of the molecule is COCc1ccc(C(=O)NCC(C)N2CCc3sccc3C2)o1. The van der Waals surface area contributed by atoms with Gasteiger partial charge in [-0.15, -0.1) is 11.3 Å². The number of rotatable bonds is 6. The summed E-state index contributed by atoms with van der Waals surface area (Å²) in [6, 6.07) is 5.95. The van der Waals surface area contributed by atoms with Crippen LogP contribution < -0.4 is 5.32 Å². The monoisotopic (exact) mass is 334 g/mol. The van der Waals surface area contributed by atoms with E-state index in [-0.39, 0.29) is 5.91 Å². The normalized spacial score (nSPS) is 16.1. The van der Waals surface area contributed by atoms with Crippen molar-refractivity contribution in [2.75, 3.05) is 20.2 Å². The van der Waals surface area contributed by atoms with E-state index in [0.29, 0.717) is 30.7 Å². The summed E-state index contributed by atoms with van der Waals surface area (Å²) in [6.07, 6.45) is 1.10. The average Bonchev–Trinajstić information content (AvgIpc) is 3.20. The van der Waals surface area contributed by atoms with E-state index >= 15 is 0 Å². The summed E-state index contributed by atoms with van der Waals surface area (Å²) in [6.45, 7) is 5.15. The maximum atomic E-state index is 12.1. The van der Waals surface area contributed by atoms with Crippen molar-refractivity contribution in [1.82, 2.24) is 10.2 Å². The van der Waals surface area contributed by atoms with E-state index < -0.39 is 0 Å². The Hall–Kier alpha value is -1.63. The number of carbonyl (C=O) groups excluding carboxylic acids is 1. The Morgan fingerprint density at radius 2 is 2.35 bits per heavy atom. The van der Waals surface area contributed by atoms with Crippen LogP contribution in [-0.2, 0) is 24.3 Å². The van der Waals surface area contributed by atoms with Gasteiger partial charge >= 0.3 is 0 Å². The Labute approximate surface area is 140 Å². The maximum absolute atomic E-state index is 12.1. The van der Waals surface area contributed by atoms with Crippen LogP contribution in [0.1, 0.15) is 33.7 Å². The number of furan rings is 1. The average molecular weight is 334 g/mol. The minimum absolute atomic E-state index is 0.174. The minimum atomic E-state index is -0.174. The molecule has 0 saturated carbocycles. The maximum Gasteiger partial charge on any atom is 0.287 e. The van der Waals surface area contributed by atoms with Crippen LogP contribution in [0.25, 0.3) is 0 Å². The van der Waals surface area contributed by atoms with Crippen molar-refractivity contribution in [3.05, 3.63) is 45.5 Å². The third-order valence-corrected chi connectivity index (χ3v) is 5.21. The van der Waals surface area contributed by atoms with Crippen molar-refractivity contribution in [2.45, 2.75) is 32.5 Å². The fraction of sp³-hybridized carbons (Fsp3) is 0.471. The topological polar surface area (TPSA) is 54.7 Å². The third kappa shape index (κ3) is 3.83. The summed E-state index contributed by atoms with van der Waals surface area (Å²) in [5.74, 6) is 0.821. The smallest absolute Gasteiger partial charge is 0.287 e. The van der Waals surface area contributed by atoms with Crippen LogP contribution in [0.5, 0.6) is 0 Å². The Morgan fingerprint density at radius 3 is 3.17 bits per heavy atom. The van der Waals surface area contributed by atoms with Crippen LogP contribution in [0.3, 0.4) is 0 Å². The van der Waals surface area contributed by atoms with Gasteiger partial charge in [-0.2, -0.15) is 0 Å². The van der Waals surface area contributed by atoms with Crippen molar-refractivity contribution in [2.24, 2.45) is 0 Å². The molecule has 1 N–H and O–H groups in total. The summed E-state index contributed by atoms with van der Waals surface area (Å²) in [5.41, 5.74) is 1.43. The molecule has 2 aromatic heterocycles. The van der Waals surface area contributed by atoms with Crippen molar-refractivity contribution < 1.29 is 13.9 Å². The molecule has 0 aromatic carbocycles. The van der Waals surface area contributed by atoms with Crippen LogP contribution in [0.15, 0.2) is 28.0 Å². The molecule has 124 valence electrons. The molecule has 2 aromatic rings. The second kappa shape index (κ2) is 7.29. The summed E-state index contributed by atoms with van der Waals surface area (Å²) >= 11 is 1.84. The Bertz CT molecular complexity index is 664. The first-order chi connectivity index (χ1) is 11.2. The summed E-state index contributed by atoms with van der Waals surface area (Å²) in [5, 5.41) is 5.12. The van der Waals surface area contributed by atoms with E-state index in [0.717, 1.165) is 19.5 Å². The lowest BCUT2D eigenvalue weighted by Gasteiger charge is -2.32. The van der Waals surface area contributed by atoms with Gasteiger partial charge in [0.05, 0.1) is 0 Å². The number of methoxy groups -OCH3 is 1. The Balaban J connectivity index is 1.50. The molecular weight excluding hydrogens is 312 g/mol. The van der Waals surface area contributed by atoms with Gasteiger partial charge in [-0.05, 0) is 42.5 Å². The molecule has 0 saturated heterocycles. The van der Waals surface area contributed by atoms with Crippen LogP contribution in [0.4, 0.5) is 0 Å². The Kier molecular flexibility index (Phi) is 5.15. The summed E-state index contributed by atoms with van der Waals surface area (Å²) < 4.78 is 10.4. The van der Waals surface area contributed by atoms with Crippen molar-refractivity contribution in [3.63, 3.8) is 0 Å². The second-order valence-corrected chi connectivity index (χ2v) is 6.85. The van der Waals surface area contributed by atoms with Crippen LogP contribution in [0, 0.1) is 0 Å². The van der Waals surface area contributed by atoms with Crippen LogP contribution in [0.2, 0.25) is 0 Å². The highest BCUT2D eigenvalue weighted by atomic mass is 32.1. The Morgan fingerprint density at radius 1 is 1.48 bits per heavy atom. The van der Waals surface area contributed by atoms with Crippen molar-refractivity contribution in [1.29, 1.82) is 0 Å². The quantitative estimate of drug-likeness (QED) is 0.882. The highest BCUT2D eigenvalue weighted by Crippen LogP contribution is 2.25. The lowest BCUT2D eigenvalue weighted by atomic mass is 10.1. The predicted octanol–water partition coefficient (Wildman–Crippen LogP) is 2.66. The lowest BCUT2D eigenvalue weighted by Crippen LogP contribution is -2.44. The second-order valence-electron chi connectivity index (χ2n) is 5.85. The zero-order valence-corrected chi connectivity index (χ0v) is 14.3. The fourth-order valence-corrected chi connectivity index (χ4v) is 3.71. The molecule has 0 radical (unpaired) electrons. The molecule has 0 bridgehead atoms. The largest absolute Gasteiger partial charge is 0.453 e. The minimum Gasteiger partial charge on any atom is -0.453 e. The first-order valence-electron chi connectivity index (χ1n) is 7.82. The van der Waals surface area contributed by atoms with E-state index in [9.17, 15) is 4.79 Å². The van der Waals surface area contributed by atoms with Crippen molar-refractivity contribution >= 4 is 17.2 Å². The van der Waals surface area contributed by atoms with E-state index in [1.807, 2.05) is 11.3 Å². The number of carbonyl (C=O) groups is 1. The fourth-order valence-electron chi connectivity index (χ4n) is 2.82. The number of thiophene rings is 1. The zero-order chi connectivity index (χ0) is 16.2. The molecule has 23 heavy (non-hydrogen) atoms. The van der Waals surface area contributed by atoms with Gasteiger partial charge in [0.2, 0.25) is 0 Å². The van der Waals surface area contributed by atoms with E-state index in [1.54, 1.807) is 19.2 Å². The number of ether oxygens (including phenoxy) is 1. The van der Waals surface area contributed by atoms with Gasteiger partial charge in [0, 0.05) is 37.7 Å². The molecule has 0 fully saturated rings. The van der Waals surface area contributed by atoms with E-state index in [4.69, 9.17) is 9.15 Å². The number of amides is 1. The van der Waals surface area contributed by atoms with Gasteiger partial charge in [-0.25, -0.2) is 0 Å². The van der Waals surface area contributed by atoms with Crippen LogP contribution >= 0.6 is 11.3 Å². The molecule has 3 heterocycles. The highest BCUT2D eigenvalue weighted by molar-refractivity contribution is 7.10. The summed E-state index contributed by atoms with van der Waals surface area (Å²) in [7, 11) is 1.60. The van der Waals surface area contributed by atoms with Gasteiger partial charge in [-0.1, -0.05) is 0 Å². The first-order valence-corrected chi connectivity index (χ1v) is 8.70. The zero-order valence-electron chi connectivity index (χ0n) is 13.5. The van der Waals surface area contributed by atoms with Gasteiger partial charge in [0.25, 0.3) is 5.91 Å². The van der Waals surface area contributed by atoms with Gasteiger partial charge in [0.15, 0.2) is 5.76 Å².